The average molecular weight is 265 g/mol. The Hall–Kier alpha value is -1.59. The minimum Gasteiger partial charge on any atom is -0.497 e. The van der Waals surface area contributed by atoms with E-state index in [9.17, 15) is 4.79 Å². The Morgan fingerprint density at radius 2 is 2.05 bits per heavy atom. The molecule has 5 nitrogen and oxygen atoms in total. The third-order valence-electron chi connectivity index (χ3n) is 3.20. The number of carbonyl (C=O) groups excluding carboxylic acids is 1. The van der Waals surface area contributed by atoms with Crippen molar-refractivity contribution in [2.75, 3.05) is 33.8 Å². The van der Waals surface area contributed by atoms with E-state index < -0.39 is 0 Å². The first-order valence-corrected chi connectivity index (χ1v) is 6.44. The Kier molecular flexibility index (Phi) is 6.32. The van der Waals surface area contributed by atoms with Crippen molar-refractivity contribution in [3.05, 3.63) is 29.8 Å². The van der Waals surface area contributed by atoms with Crippen molar-refractivity contribution in [2.24, 2.45) is 5.73 Å². The van der Waals surface area contributed by atoms with Gasteiger partial charge < -0.3 is 15.8 Å². The van der Waals surface area contributed by atoms with Gasteiger partial charge in [-0.1, -0.05) is 19.1 Å². The topological polar surface area (TPSA) is 67.6 Å². The number of hydrogen-bond donors (Lipinski definition) is 2. The largest absolute Gasteiger partial charge is 0.497 e. The lowest BCUT2D eigenvalue weighted by molar-refractivity contribution is -0.122. The molecule has 0 radical (unpaired) electrons. The van der Waals surface area contributed by atoms with Crippen LogP contribution in [-0.2, 0) is 4.79 Å². The normalized spacial score (nSPS) is 12.3. The van der Waals surface area contributed by atoms with E-state index in [1.54, 1.807) is 14.2 Å². The number of hydrogen-bond acceptors (Lipinski definition) is 4. The van der Waals surface area contributed by atoms with Crippen LogP contribution in [0.2, 0.25) is 0 Å². The summed E-state index contributed by atoms with van der Waals surface area (Å²) < 4.78 is 5.14. The number of carbonyl (C=O) groups is 1. The van der Waals surface area contributed by atoms with Crippen LogP contribution in [0.3, 0.4) is 0 Å². The summed E-state index contributed by atoms with van der Waals surface area (Å²) in [5.74, 6) is 0.808. The maximum Gasteiger partial charge on any atom is 0.233 e. The highest BCUT2D eigenvalue weighted by atomic mass is 16.5. The molecular formula is C14H23N3O2. The minimum atomic E-state index is -0.00573. The van der Waals surface area contributed by atoms with E-state index in [0.717, 1.165) is 17.9 Å². The Morgan fingerprint density at radius 1 is 1.42 bits per heavy atom. The van der Waals surface area contributed by atoms with Crippen LogP contribution in [0.5, 0.6) is 5.75 Å². The molecule has 0 heterocycles. The summed E-state index contributed by atoms with van der Waals surface area (Å²) in [6, 6.07) is 7.83. The van der Waals surface area contributed by atoms with E-state index in [4.69, 9.17) is 10.5 Å². The molecule has 0 spiro atoms. The molecule has 1 atom stereocenters. The first-order chi connectivity index (χ1) is 9.15. The van der Waals surface area contributed by atoms with Crippen LogP contribution >= 0.6 is 0 Å². The number of nitrogens with two attached hydrogens (primary N) is 1. The van der Waals surface area contributed by atoms with Gasteiger partial charge in [0, 0.05) is 19.6 Å². The molecule has 5 heteroatoms. The van der Waals surface area contributed by atoms with Crippen LogP contribution in [0.1, 0.15) is 18.5 Å². The molecule has 1 rings (SSSR count). The lowest BCUT2D eigenvalue weighted by Gasteiger charge is -2.29. The lowest BCUT2D eigenvalue weighted by Crippen LogP contribution is -2.40. The van der Waals surface area contributed by atoms with Crippen molar-refractivity contribution in [2.45, 2.75) is 13.0 Å². The van der Waals surface area contributed by atoms with E-state index in [-0.39, 0.29) is 11.9 Å². The van der Waals surface area contributed by atoms with Crippen LogP contribution < -0.4 is 15.8 Å². The Balaban J connectivity index is 2.86. The van der Waals surface area contributed by atoms with Crippen molar-refractivity contribution in [1.29, 1.82) is 0 Å². The third kappa shape index (κ3) is 4.22. The fourth-order valence-corrected chi connectivity index (χ4v) is 2.03. The van der Waals surface area contributed by atoms with E-state index in [2.05, 4.69) is 10.2 Å². The van der Waals surface area contributed by atoms with E-state index in [1.165, 1.54) is 0 Å². The first kappa shape index (κ1) is 15.5. The number of benzene rings is 1. The SMILES string of the molecule is CCN(CC(=O)NC)C(CN)c1ccc(OC)cc1. The Morgan fingerprint density at radius 3 is 2.47 bits per heavy atom. The second-order valence-electron chi connectivity index (χ2n) is 4.26. The maximum atomic E-state index is 11.5. The van der Waals surface area contributed by atoms with E-state index >= 15 is 0 Å². The van der Waals surface area contributed by atoms with Gasteiger partial charge in [-0.15, -0.1) is 0 Å². The summed E-state index contributed by atoms with van der Waals surface area (Å²) in [7, 11) is 3.28. The van der Waals surface area contributed by atoms with Crippen molar-refractivity contribution in [3.8, 4) is 5.75 Å². The van der Waals surface area contributed by atoms with Gasteiger partial charge in [-0.05, 0) is 24.2 Å². The smallest absolute Gasteiger partial charge is 0.233 e. The van der Waals surface area contributed by atoms with Crippen molar-refractivity contribution >= 4 is 5.91 Å². The molecule has 0 bridgehead atoms. The van der Waals surface area contributed by atoms with Gasteiger partial charge >= 0.3 is 0 Å². The van der Waals surface area contributed by atoms with Gasteiger partial charge in [0.15, 0.2) is 0 Å². The zero-order valence-electron chi connectivity index (χ0n) is 11.8. The molecule has 106 valence electrons. The van der Waals surface area contributed by atoms with Crippen LogP contribution in [-0.4, -0.2) is 44.6 Å². The second-order valence-corrected chi connectivity index (χ2v) is 4.26. The molecule has 0 aliphatic heterocycles. The second kappa shape index (κ2) is 7.76. The molecule has 0 aliphatic carbocycles. The van der Waals surface area contributed by atoms with Gasteiger partial charge in [-0.3, -0.25) is 9.69 Å². The monoisotopic (exact) mass is 265 g/mol. The molecule has 19 heavy (non-hydrogen) atoms. The summed E-state index contributed by atoms with van der Waals surface area (Å²) in [5, 5.41) is 2.64. The highest BCUT2D eigenvalue weighted by Crippen LogP contribution is 2.22. The molecule has 3 N–H and O–H groups in total. The van der Waals surface area contributed by atoms with Crippen molar-refractivity contribution < 1.29 is 9.53 Å². The summed E-state index contributed by atoms with van der Waals surface area (Å²) >= 11 is 0. The number of rotatable bonds is 7. The van der Waals surface area contributed by atoms with Gasteiger partial charge in [0.2, 0.25) is 5.91 Å². The molecule has 1 unspecified atom stereocenters. The molecule has 0 aliphatic rings. The summed E-state index contributed by atoms with van der Waals surface area (Å²) in [6.07, 6.45) is 0. The highest BCUT2D eigenvalue weighted by Gasteiger charge is 2.19. The van der Waals surface area contributed by atoms with Gasteiger partial charge in [0.25, 0.3) is 0 Å². The first-order valence-electron chi connectivity index (χ1n) is 6.44. The molecule has 1 aromatic rings. The molecule has 0 saturated carbocycles. The number of methoxy groups -OCH3 is 1. The standard InChI is InChI=1S/C14H23N3O2/c1-4-17(10-14(18)16-2)13(9-15)11-5-7-12(19-3)8-6-11/h5-8,13H,4,9-10,15H2,1-3H3,(H,16,18). The van der Waals surface area contributed by atoms with Crippen molar-refractivity contribution in [1.82, 2.24) is 10.2 Å². The number of amides is 1. The van der Waals surface area contributed by atoms with Crippen LogP contribution in [0, 0.1) is 0 Å². The van der Waals surface area contributed by atoms with Gasteiger partial charge in [0.1, 0.15) is 5.75 Å². The fraction of sp³-hybridized carbons (Fsp3) is 0.500. The van der Waals surface area contributed by atoms with Gasteiger partial charge in [0.05, 0.1) is 13.7 Å². The lowest BCUT2D eigenvalue weighted by atomic mass is 10.0. The van der Waals surface area contributed by atoms with Crippen LogP contribution in [0.25, 0.3) is 0 Å². The third-order valence-corrected chi connectivity index (χ3v) is 3.20. The van der Waals surface area contributed by atoms with Gasteiger partial charge in [-0.25, -0.2) is 0 Å². The molecule has 1 amide bonds. The maximum absolute atomic E-state index is 11.5. The van der Waals surface area contributed by atoms with E-state index in [0.29, 0.717) is 13.1 Å². The molecule has 0 fully saturated rings. The van der Waals surface area contributed by atoms with Crippen LogP contribution in [0.15, 0.2) is 24.3 Å². The highest BCUT2D eigenvalue weighted by molar-refractivity contribution is 5.77. The molecular weight excluding hydrogens is 242 g/mol. The summed E-state index contributed by atoms with van der Waals surface area (Å²) in [5.41, 5.74) is 6.96. The predicted molar refractivity (Wildman–Crippen MR) is 76.1 cm³/mol. The van der Waals surface area contributed by atoms with E-state index in [1.807, 2.05) is 31.2 Å². The quantitative estimate of drug-likeness (QED) is 0.764. The number of nitrogens with zero attached hydrogens (tertiary/aromatic N) is 1. The fourth-order valence-electron chi connectivity index (χ4n) is 2.03. The molecule has 0 aromatic heterocycles. The summed E-state index contributed by atoms with van der Waals surface area (Å²) in [4.78, 5) is 13.6. The van der Waals surface area contributed by atoms with Gasteiger partial charge in [-0.2, -0.15) is 0 Å². The Bertz CT molecular complexity index is 392. The molecule has 1 aromatic carbocycles. The summed E-state index contributed by atoms with van der Waals surface area (Å²) in [6.45, 7) is 3.61. The number of ether oxygens (including phenoxy) is 1. The average Bonchev–Trinajstić information content (AvgIpc) is 2.47. The molecule has 0 saturated heterocycles. The number of nitrogens with one attached hydrogen (secondary N) is 1. The Labute approximate surface area is 114 Å². The predicted octanol–water partition coefficient (Wildman–Crippen LogP) is 0.763. The number of likely N-dealkylation sites (N-methyl/N-ethyl adjacent to an activating group) is 2. The minimum absolute atomic E-state index is 0.00573. The zero-order chi connectivity index (χ0) is 14.3. The zero-order valence-corrected chi connectivity index (χ0v) is 11.8. The van der Waals surface area contributed by atoms with Crippen molar-refractivity contribution in [3.63, 3.8) is 0 Å². The van der Waals surface area contributed by atoms with Crippen LogP contribution in [0.4, 0.5) is 0 Å².